The third kappa shape index (κ3) is 3.94. The maximum atomic E-state index is 12.3. The molecule has 0 atom stereocenters. The van der Waals surface area contributed by atoms with Crippen LogP contribution in [0.5, 0.6) is 5.88 Å². The number of nitrogen functional groups attached to an aromatic ring is 1. The Bertz CT molecular complexity index is 1330. The quantitative estimate of drug-likeness (QED) is 0.428. The van der Waals surface area contributed by atoms with Gasteiger partial charge in [-0.15, -0.1) is 0 Å². The van der Waals surface area contributed by atoms with E-state index in [1.165, 1.54) is 0 Å². The van der Waals surface area contributed by atoms with Crippen molar-refractivity contribution in [1.82, 2.24) is 10.3 Å². The molecule has 2 aliphatic rings. The fourth-order valence-electron chi connectivity index (χ4n) is 3.74. The van der Waals surface area contributed by atoms with Crippen LogP contribution in [-0.2, 0) is 4.79 Å². The number of benzene rings is 1. The molecule has 3 N–H and O–H groups in total. The van der Waals surface area contributed by atoms with Crippen LogP contribution in [0.3, 0.4) is 0 Å². The number of pyridine rings is 1. The average Bonchev–Trinajstić information content (AvgIpc) is 2.80. The first-order chi connectivity index (χ1) is 15.5. The molecule has 0 saturated carbocycles. The number of hydrogen-bond acceptors (Lipinski definition) is 7. The highest BCUT2D eigenvalue weighted by Gasteiger charge is 2.25. The molecule has 0 aliphatic carbocycles. The van der Waals surface area contributed by atoms with E-state index < -0.39 is 0 Å². The molecule has 0 bridgehead atoms. The number of rotatable bonds is 5. The monoisotopic (exact) mass is 427 g/mol. The van der Waals surface area contributed by atoms with E-state index in [2.05, 4.69) is 16.3 Å². The van der Waals surface area contributed by atoms with Crippen molar-refractivity contribution in [1.29, 1.82) is 0 Å². The van der Waals surface area contributed by atoms with Gasteiger partial charge in [-0.05, 0) is 49.8 Å². The Hall–Kier alpha value is -4.09. The second-order valence-electron chi connectivity index (χ2n) is 7.44. The second kappa shape index (κ2) is 8.96. The highest BCUT2D eigenvalue weighted by molar-refractivity contribution is 5.97. The van der Waals surface area contributed by atoms with Gasteiger partial charge < -0.3 is 20.7 Å². The Morgan fingerprint density at radius 1 is 1.31 bits per heavy atom. The van der Waals surface area contributed by atoms with Crippen LogP contribution in [-0.4, -0.2) is 37.3 Å². The number of ether oxygens (including phenoxy) is 1. The van der Waals surface area contributed by atoms with Gasteiger partial charge in [-0.25, -0.2) is 9.78 Å². The fraction of sp³-hybridized carbons (Fsp3) is 0.200. The number of aliphatic imine (C=N–C) groups is 1. The first-order valence-corrected chi connectivity index (χ1v) is 10.4. The van der Waals surface area contributed by atoms with E-state index in [1.807, 2.05) is 67.4 Å². The highest BCUT2D eigenvalue weighted by atomic mass is 16.5. The lowest BCUT2D eigenvalue weighted by atomic mass is 9.96. The van der Waals surface area contributed by atoms with Crippen molar-refractivity contribution in [3.63, 3.8) is 0 Å². The maximum absolute atomic E-state index is 12.3. The van der Waals surface area contributed by atoms with E-state index in [9.17, 15) is 4.79 Å². The zero-order chi connectivity index (χ0) is 22.7. The highest BCUT2D eigenvalue weighted by Crippen LogP contribution is 2.31. The van der Waals surface area contributed by atoms with Gasteiger partial charge in [0.05, 0.1) is 12.0 Å². The molecule has 0 amide bonds. The molecule has 1 aromatic carbocycles. The lowest BCUT2D eigenvalue weighted by Crippen LogP contribution is -2.41. The molecule has 32 heavy (non-hydrogen) atoms. The summed E-state index contributed by atoms with van der Waals surface area (Å²) < 4.78 is 5.63. The minimum absolute atomic E-state index is 0.379. The van der Waals surface area contributed by atoms with Crippen molar-refractivity contribution in [2.75, 3.05) is 30.8 Å². The minimum Gasteiger partial charge on any atom is -0.478 e. The number of nitrogens with one attached hydrogen (secondary N) is 1. The number of allylic oxidation sites excluding steroid dienone is 4. The van der Waals surface area contributed by atoms with Crippen molar-refractivity contribution in [2.24, 2.45) is 4.99 Å². The van der Waals surface area contributed by atoms with E-state index in [0.29, 0.717) is 35.8 Å². The van der Waals surface area contributed by atoms with Gasteiger partial charge in [0.2, 0.25) is 5.88 Å². The summed E-state index contributed by atoms with van der Waals surface area (Å²) >= 11 is 0. The zero-order valence-electron chi connectivity index (χ0n) is 18.3. The summed E-state index contributed by atoms with van der Waals surface area (Å²) in [5.74, 6) is 2.67. The molecule has 162 valence electrons. The Morgan fingerprint density at radius 3 is 2.84 bits per heavy atom. The summed E-state index contributed by atoms with van der Waals surface area (Å²) in [7, 11) is 1.69. The van der Waals surface area contributed by atoms with Gasteiger partial charge >= 0.3 is 0 Å². The van der Waals surface area contributed by atoms with E-state index in [1.54, 1.807) is 13.3 Å². The minimum atomic E-state index is 0.379. The van der Waals surface area contributed by atoms with Crippen molar-refractivity contribution in [3.05, 3.63) is 75.6 Å². The predicted octanol–water partition coefficient (Wildman–Crippen LogP) is 1.67. The molecule has 0 fully saturated rings. The molecule has 4 rings (SSSR count). The summed E-state index contributed by atoms with van der Waals surface area (Å²) in [5, 5.41) is 4.90. The number of nitrogens with zero attached hydrogens (tertiary/aromatic N) is 3. The summed E-state index contributed by atoms with van der Waals surface area (Å²) in [5.41, 5.74) is 11.4. The third-order valence-electron chi connectivity index (χ3n) is 5.30. The lowest BCUT2D eigenvalue weighted by Gasteiger charge is -2.28. The van der Waals surface area contributed by atoms with Crippen molar-refractivity contribution < 1.29 is 9.53 Å². The first kappa shape index (κ1) is 21.2. The molecule has 0 radical (unpaired) electrons. The zero-order valence-corrected chi connectivity index (χ0v) is 18.3. The number of fused-ring (bicyclic) bond motifs is 1. The molecule has 1 aromatic heterocycles. The number of aromatic nitrogens is 1. The van der Waals surface area contributed by atoms with E-state index in [4.69, 9.17) is 15.5 Å². The van der Waals surface area contributed by atoms with Gasteiger partial charge in [-0.1, -0.05) is 6.08 Å². The van der Waals surface area contributed by atoms with Crippen LogP contribution >= 0.6 is 0 Å². The molecule has 0 saturated heterocycles. The van der Waals surface area contributed by atoms with Crippen LogP contribution in [0.4, 0.5) is 11.4 Å². The van der Waals surface area contributed by atoms with Gasteiger partial charge in [-0.3, -0.25) is 4.99 Å². The average molecular weight is 428 g/mol. The molecule has 7 heteroatoms. The van der Waals surface area contributed by atoms with Gasteiger partial charge in [0, 0.05) is 65.5 Å². The van der Waals surface area contributed by atoms with Crippen molar-refractivity contribution in [3.8, 4) is 5.88 Å². The Labute approximate surface area is 186 Å². The van der Waals surface area contributed by atoms with Crippen LogP contribution in [0.2, 0.25) is 0 Å². The van der Waals surface area contributed by atoms with Crippen molar-refractivity contribution >= 4 is 35.3 Å². The topological polar surface area (TPSA) is 92.8 Å². The molecule has 0 unspecified atom stereocenters. The summed E-state index contributed by atoms with van der Waals surface area (Å²) in [6.45, 7) is 4.99. The third-order valence-corrected chi connectivity index (χ3v) is 5.30. The first-order valence-electron chi connectivity index (χ1n) is 10.4. The Balaban J connectivity index is 1.98. The number of nitrogens with two attached hydrogens (primary N) is 1. The molecule has 2 aromatic rings. The van der Waals surface area contributed by atoms with Crippen LogP contribution in [0.1, 0.15) is 19.4 Å². The number of carbonyl (C=O) groups excluding carboxylic acids is 1. The second-order valence-corrected chi connectivity index (χ2v) is 7.44. The van der Waals surface area contributed by atoms with E-state index >= 15 is 0 Å². The van der Waals surface area contributed by atoms with Crippen molar-refractivity contribution in [2.45, 2.75) is 13.8 Å². The summed E-state index contributed by atoms with van der Waals surface area (Å²) in [4.78, 5) is 23.0. The van der Waals surface area contributed by atoms with E-state index in [0.717, 1.165) is 33.3 Å². The molecule has 0 spiro atoms. The molecule has 7 nitrogen and oxygen atoms in total. The molecule has 3 heterocycles. The summed E-state index contributed by atoms with van der Waals surface area (Å²) in [6.07, 6.45) is 7.59. The largest absolute Gasteiger partial charge is 0.478 e. The molecular weight excluding hydrogens is 402 g/mol. The molecule has 2 aliphatic heterocycles. The van der Waals surface area contributed by atoms with E-state index in [-0.39, 0.29) is 0 Å². The lowest BCUT2D eigenvalue weighted by molar-refractivity contribution is 0.326. The number of hydrogen-bond donors (Lipinski definition) is 2. The smallest absolute Gasteiger partial charge is 0.213 e. The SMILES string of the molecule is CCOc1ccc2c(n1)=C(C1=CC=C(C)NC1)C(=C=O)N(c1ccc(N)c(C=NC)c1)C=2. The Kier molecular flexibility index (Phi) is 5.92. The predicted molar refractivity (Wildman–Crippen MR) is 128 cm³/mol. The van der Waals surface area contributed by atoms with Crippen LogP contribution < -0.4 is 31.3 Å². The number of anilines is 2. The van der Waals surface area contributed by atoms with Crippen LogP contribution in [0.25, 0.3) is 11.8 Å². The standard InChI is InChI=1S/C25H25N5O2/c1-4-32-23-10-7-18-14-30(20-8-9-21(26)19(11-20)12-27-3)22(15-31)24(25(18)29-23)17-6-5-16(2)28-13-17/h5-12,14,28H,4,13,26H2,1-3H3. The van der Waals surface area contributed by atoms with Crippen LogP contribution in [0.15, 0.2) is 64.4 Å². The van der Waals surface area contributed by atoms with Gasteiger partial charge in [0.1, 0.15) is 5.70 Å². The summed E-state index contributed by atoms with van der Waals surface area (Å²) in [6, 6.07) is 9.36. The Morgan fingerprint density at radius 2 is 2.16 bits per heavy atom. The maximum Gasteiger partial charge on any atom is 0.213 e. The van der Waals surface area contributed by atoms with Gasteiger partial charge in [0.15, 0.2) is 5.94 Å². The van der Waals surface area contributed by atoms with Crippen LogP contribution in [0, 0.1) is 0 Å². The normalized spacial score (nSPS) is 15.4. The number of dihydropyridines is 1. The fourth-order valence-corrected chi connectivity index (χ4v) is 3.74. The van der Waals surface area contributed by atoms with Gasteiger partial charge in [0.25, 0.3) is 0 Å². The van der Waals surface area contributed by atoms with Gasteiger partial charge in [-0.2, -0.15) is 0 Å². The molecular formula is C25H25N5O2.